The second-order valence-electron chi connectivity index (χ2n) is 6.88. The standard InChI is InChI=1S/C21H17N7O2/c1-13-6-3-4-9-18(13)27-12-17(24-26-27)20-23-19(25-30-20)15-7-5-8-16(10-15)28-14(2)11-22-21(28)29/h3-12H,1-2H3,(H,22,29). The first-order valence-electron chi connectivity index (χ1n) is 9.30. The molecular weight excluding hydrogens is 382 g/mol. The summed E-state index contributed by atoms with van der Waals surface area (Å²) in [6.07, 6.45) is 3.41. The van der Waals surface area contributed by atoms with Crippen LogP contribution in [0.3, 0.4) is 0 Å². The zero-order chi connectivity index (χ0) is 20.7. The predicted octanol–water partition coefficient (Wildman–Crippen LogP) is 3.08. The Morgan fingerprint density at radius 2 is 1.93 bits per heavy atom. The highest BCUT2D eigenvalue weighted by molar-refractivity contribution is 5.61. The minimum absolute atomic E-state index is 0.203. The first-order chi connectivity index (χ1) is 14.6. The lowest BCUT2D eigenvalue weighted by Gasteiger charge is -2.05. The van der Waals surface area contributed by atoms with Crippen LogP contribution in [0.2, 0.25) is 0 Å². The lowest BCUT2D eigenvalue weighted by molar-refractivity contribution is 0.431. The van der Waals surface area contributed by atoms with Crippen molar-refractivity contribution in [3.63, 3.8) is 0 Å². The van der Waals surface area contributed by atoms with Crippen LogP contribution in [0.1, 0.15) is 11.3 Å². The fraction of sp³-hybridized carbons (Fsp3) is 0.0952. The fourth-order valence-corrected chi connectivity index (χ4v) is 3.31. The molecule has 0 bridgehead atoms. The molecule has 9 heteroatoms. The molecule has 0 aliphatic heterocycles. The van der Waals surface area contributed by atoms with Crippen LogP contribution < -0.4 is 5.69 Å². The van der Waals surface area contributed by atoms with Crippen LogP contribution in [0.4, 0.5) is 0 Å². The summed E-state index contributed by atoms with van der Waals surface area (Å²) in [5.74, 6) is 0.670. The van der Waals surface area contributed by atoms with E-state index in [1.165, 1.54) is 0 Å². The maximum atomic E-state index is 12.1. The molecule has 0 atom stereocenters. The summed E-state index contributed by atoms with van der Waals surface area (Å²) in [6, 6.07) is 15.3. The van der Waals surface area contributed by atoms with Crippen molar-refractivity contribution in [2.45, 2.75) is 13.8 Å². The number of para-hydroxylation sites is 1. The number of nitrogens with one attached hydrogen (secondary N) is 1. The Labute approximate surface area is 170 Å². The summed E-state index contributed by atoms with van der Waals surface area (Å²) in [5, 5.41) is 12.4. The molecule has 5 rings (SSSR count). The first-order valence-corrected chi connectivity index (χ1v) is 9.30. The SMILES string of the molecule is Cc1ccccc1-n1cc(-c2nc(-c3cccc(-n4c(C)c[nH]c4=O)c3)no2)nn1. The summed E-state index contributed by atoms with van der Waals surface area (Å²) in [4.78, 5) is 19.2. The van der Waals surface area contributed by atoms with Gasteiger partial charge in [0.05, 0.1) is 17.6 Å². The molecule has 3 heterocycles. The van der Waals surface area contributed by atoms with Crippen molar-refractivity contribution in [3.8, 4) is 34.3 Å². The van der Waals surface area contributed by atoms with Gasteiger partial charge in [-0.15, -0.1) is 5.10 Å². The van der Waals surface area contributed by atoms with Crippen LogP contribution in [0.25, 0.3) is 34.3 Å². The van der Waals surface area contributed by atoms with Gasteiger partial charge in [-0.05, 0) is 37.6 Å². The highest BCUT2D eigenvalue weighted by Gasteiger charge is 2.16. The van der Waals surface area contributed by atoms with Gasteiger partial charge in [0.2, 0.25) is 5.82 Å². The Morgan fingerprint density at radius 1 is 1.07 bits per heavy atom. The van der Waals surface area contributed by atoms with Gasteiger partial charge in [0, 0.05) is 17.5 Å². The van der Waals surface area contributed by atoms with Crippen molar-refractivity contribution in [1.82, 2.24) is 34.7 Å². The summed E-state index contributed by atoms with van der Waals surface area (Å²) in [6.45, 7) is 3.86. The van der Waals surface area contributed by atoms with Crippen LogP contribution in [0.15, 0.2) is 70.2 Å². The van der Waals surface area contributed by atoms with Crippen LogP contribution in [0.5, 0.6) is 0 Å². The second kappa shape index (κ2) is 6.96. The highest BCUT2D eigenvalue weighted by Crippen LogP contribution is 2.23. The number of H-pyrrole nitrogens is 1. The molecule has 3 aromatic heterocycles. The van der Waals surface area contributed by atoms with Crippen LogP contribution in [-0.2, 0) is 0 Å². The fourth-order valence-electron chi connectivity index (χ4n) is 3.31. The van der Waals surface area contributed by atoms with E-state index in [1.807, 2.05) is 62.4 Å². The van der Waals surface area contributed by atoms with Crippen molar-refractivity contribution in [2.75, 3.05) is 0 Å². The average Bonchev–Trinajstić information content (AvgIpc) is 3.49. The Kier molecular flexibility index (Phi) is 4.13. The van der Waals surface area contributed by atoms with Crippen LogP contribution in [-0.4, -0.2) is 34.7 Å². The van der Waals surface area contributed by atoms with Gasteiger partial charge in [-0.3, -0.25) is 4.57 Å². The molecule has 0 amide bonds. The minimum Gasteiger partial charge on any atom is -0.332 e. The number of aromatic amines is 1. The minimum atomic E-state index is -0.203. The first kappa shape index (κ1) is 17.8. The van der Waals surface area contributed by atoms with E-state index in [2.05, 4.69) is 25.4 Å². The van der Waals surface area contributed by atoms with Crippen molar-refractivity contribution in [3.05, 3.63) is 82.7 Å². The Bertz CT molecular complexity index is 1410. The smallest absolute Gasteiger partial charge is 0.330 e. The van der Waals surface area contributed by atoms with E-state index in [0.29, 0.717) is 17.2 Å². The monoisotopic (exact) mass is 399 g/mol. The molecule has 0 unspecified atom stereocenters. The van der Waals surface area contributed by atoms with E-state index in [-0.39, 0.29) is 11.6 Å². The number of nitrogens with zero attached hydrogens (tertiary/aromatic N) is 6. The van der Waals surface area contributed by atoms with Crippen molar-refractivity contribution >= 4 is 0 Å². The summed E-state index contributed by atoms with van der Waals surface area (Å²) < 4.78 is 8.67. The molecule has 0 saturated heterocycles. The molecule has 30 heavy (non-hydrogen) atoms. The lowest BCUT2D eigenvalue weighted by atomic mass is 10.2. The molecule has 0 radical (unpaired) electrons. The number of rotatable bonds is 4. The van der Waals surface area contributed by atoms with E-state index in [9.17, 15) is 4.79 Å². The third-order valence-electron chi connectivity index (χ3n) is 4.82. The van der Waals surface area contributed by atoms with Gasteiger partial charge in [0.15, 0.2) is 5.69 Å². The number of hydrogen-bond donors (Lipinski definition) is 1. The molecular formula is C21H17N7O2. The number of aromatic nitrogens is 7. The third-order valence-corrected chi connectivity index (χ3v) is 4.82. The topological polar surface area (TPSA) is 107 Å². The average molecular weight is 399 g/mol. The highest BCUT2D eigenvalue weighted by atomic mass is 16.5. The molecule has 1 N–H and O–H groups in total. The maximum Gasteiger partial charge on any atom is 0.330 e. The molecule has 0 saturated carbocycles. The Morgan fingerprint density at radius 3 is 2.73 bits per heavy atom. The van der Waals surface area contributed by atoms with Crippen LogP contribution >= 0.6 is 0 Å². The van der Waals surface area contributed by atoms with E-state index in [1.54, 1.807) is 21.6 Å². The molecule has 0 fully saturated rings. The van der Waals surface area contributed by atoms with Crippen LogP contribution in [0, 0.1) is 13.8 Å². The third kappa shape index (κ3) is 3.02. The van der Waals surface area contributed by atoms with E-state index >= 15 is 0 Å². The predicted molar refractivity (Wildman–Crippen MR) is 110 cm³/mol. The van der Waals surface area contributed by atoms with Crippen molar-refractivity contribution in [1.29, 1.82) is 0 Å². The van der Waals surface area contributed by atoms with Gasteiger partial charge in [-0.1, -0.05) is 40.7 Å². The van der Waals surface area contributed by atoms with Crippen molar-refractivity contribution < 1.29 is 4.52 Å². The van der Waals surface area contributed by atoms with Gasteiger partial charge in [0.1, 0.15) is 0 Å². The molecule has 5 aromatic rings. The lowest BCUT2D eigenvalue weighted by Crippen LogP contribution is -2.15. The second-order valence-corrected chi connectivity index (χ2v) is 6.88. The largest absolute Gasteiger partial charge is 0.332 e. The van der Waals surface area contributed by atoms with Gasteiger partial charge in [-0.2, -0.15) is 4.98 Å². The molecule has 0 aliphatic carbocycles. The molecule has 9 nitrogen and oxygen atoms in total. The van der Waals surface area contributed by atoms with Gasteiger partial charge in [-0.25, -0.2) is 9.48 Å². The zero-order valence-electron chi connectivity index (χ0n) is 16.3. The number of hydrogen-bond acceptors (Lipinski definition) is 6. The molecule has 148 valence electrons. The molecule has 0 aliphatic rings. The number of aryl methyl sites for hydroxylation is 2. The van der Waals surface area contributed by atoms with E-state index in [4.69, 9.17) is 4.52 Å². The maximum absolute atomic E-state index is 12.1. The Hall–Kier alpha value is -4.27. The van der Waals surface area contributed by atoms with E-state index in [0.717, 1.165) is 22.5 Å². The summed E-state index contributed by atoms with van der Waals surface area (Å²) >= 11 is 0. The molecule has 0 spiro atoms. The van der Waals surface area contributed by atoms with Crippen molar-refractivity contribution in [2.24, 2.45) is 0 Å². The summed E-state index contributed by atoms with van der Waals surface area (Å²) in [7, 11) is 0. The zero-order valence-corrected chi connectivity index (χ0v) is 16.3. The van der Waals surface area contributed by atoms with Gasteiger partial charge < -0.3 is 9.51 Å². The van der Waals surface area contributed by atoms with E-state index < -0.39 is 0 Å². The molecule has 2 aromatic carbocycles. The number of benzene rings is 2. The quantitative estimate of drug-likeness (QED) is 0.498. The van der Waals surface area contributed by atoms with Gasteiger partial charge >= 0.3 is 5.69 Å². The Balaban J connectivity index is 1.48. The van der Waals surface area contributed by atoms with Gasteiger partial charge in [0.25, 0.3) is 5.89 Å². The normalized spacial score (nSPS) is 11.1. The number of imidazole rings is 1. The summed E-state index contributed by atoms with van der Waals surface area (Å²) in [5.41, 5.74) is 4.52.